The second kappa shape index (κ2) is 3.96. The average Bonchev–Trinajstić information content (AvgIpc) is 2.96. The highest BCUT2D eigenvalue weighted by Crippen LogP contribution is 2.43. The number of nitrogens with zero attached hydrogens (tertiary/aromatic N) is 3. The lowest BCUT2D eigenvalue weighted by Gasteiger charge is -2.37. The SMILES string of the molecule is COC1(c2noc(-c3c[nH]c(C#N)c3)n2)CCC1. The first kappa shape index (κ1) is 11.0. The minimum absolute atomic E-state index is 0.379. The van der Waals surface area contributed by atoms with Crippen LogP contribution >= 0.6 is 0 Å². The molecule has 0 aromatic carbocycles. The Morgan fingerprint density at radius 3 is 2.94 bits per heavy atom. The molecule has 18 heavy (non-hydrogen) atoms. The Morgan fingerprint density at radius 2 is 2.39 bits per heavy atom. The van der Waals surface area contributed by atoms with Gasteiger partial charge in [-0.05, 0) is 25.3 Å². The van der Waals surface area contributed by atoms with Gasteiger partial charge in [0, 0.05) is 13.3 Å². The van der Waals surface area contributed by atoms with E-state index in [9.17, 15) is 0 Å². The van der Waals surface area contributed by atoms with E-state index in [0.717, 1.165) is 24.8 Å². The van der Waals surface area contributed by atoms with E-state index in [1.54, 1.807) is 19.4 Å². The van der Waals surface area contributed by atoms with Crippen molar-refractivity contribution in [1.29, 1.82) is 5.26 Å². The zero-order valence-electron chi connectivity index (χ0n) is 9.93. The average molecular weight is 244 g/mol. The van der Waals surface area contributed by atoms with E-state index in [0.29, 0.717) is 17.4 Å². The normalized spacial score (nSPS) is 17.1. The van der Waals surface area contributed by atoms with Gasteiger partial charge in [-0.25, -0.2) is 0 Å². The Labute approximate surface area is 104 Å². The van der Waals surface area contributed by atoms with Crippen LogP contribution in [0.1, 0.15) is 30.8 Å². The maximum absolute atomic E-state index is 8.75. The standard InChI is InChI=1S/C12H12N4O2/c1-17-12(3-2-4-12)11-15-10(18-16-11)8-5-9(6-13)14-7-8/h5,7,14H,2-4H2,1H3. The molecule has 0 saturated heterocycles. The summed E-state index contributed by atoms with van der Waals surface area (Å²) in [6, 6.07) is 3.70. The van der Waals surface area contributed by atoms with Gasteiger partial charge in [0.05, 0.1) is 5.56 Å². The molecule has 0 atom stereocenters. The van der Waals surface area contributed by atoms with E-state index in [4.69, 9.17) is 14.5 Å². The Morgan fingerprint density at radius 1 is 1.56 bits per heavy atom. The first-order valence-corrected chi connectivity index (χ1v) is 5.76. The van der Waals surface area contributed by atoms with Crippen molar-refractivity contribution < 1.29 is 9.26 Å². The fourth-order valence-electron chi connectivity index (χ4n) is 2.13. The molecule has 0 spiro atoms. The highest BCUT2D eigenvalue weighted by atomic mass is 16.5. The summed E-state index contributed by atoms with van der Waals surface area (Å²) in [5.74, 6) is 0.997. The van der Waals surface area contributed by atoms with Gasteiger partial charge in [0.2, 0.25) is 5.82 Å². The first-order chi connectivity index (χ1) is 8.77. The van der Waals surface area contributed by atoms with Crippen LogP contribution in [0, 0.1) is 11.3 Å². The summed E-state index contributed by atoms with van der Waals surface area (Å²) in [4.78, 5) is 7.18. The van der Waals surface area contributed by atoms with Crippen molar-refractivity contribution >= 4 is 0 Å². The molecule has 1 saturated carbocycles. The predicted octanol–water partition coefficient (Wildman–Crippen LogP) is 1.96. The van der Waals surface area contributed by atoms with Gasteiger partial charge in [-0.3, -0.25) is 0 Å². The highest BCUT2D eigenvalue weighted by molar-refractivity contribution is 5.54. The van der Waals surface area contributed by atoms with Crippen LogP contribution in [0.2, 0.25) is 0 Å². The highest BCUT2D eigenvalue weighted by Gasteiger charge is 2.43. The second-order valence-corrected chi connectivity index (χ2v) is 4.39. The molecule has 2 aromatic rings. The number of nitrogens with one attached hydrogen (secondary N) is 1. The Hall–Kier alpha value is -2.13. The third-order valence-electron chi connectivity index (χ3n) is 3.44. The van der Waals surface area contributed by atoms with E-state index in [1.165, 1.54) is 0 Å². The van der Waals surface area contributed by atoms with E-state index in [1.807, 2.05) is 6.07 Å². The fourth-order valence-corrected chi connectivity index (χ4v) is 2.13. The molecule has 0 unspecified atom stereocenters. The molecular formula is C12H12N4O2. The molecule has 1 N–H and O–H groups in total. The van der Waals surface area contributed by atoms with Crippen LogP contribution in [0.25, 0.3) is 11.5 Å². The summed E-state index contributed by atoms with van der Waals surface area (Å²) in [6.07, 6.45) is 4.62. The monoisotopic (exact) mass is 244 g/mol. The van der Waals surface area contributed by atoms with Crippen LogP contribution in [0.4, 0.5) is 0 Å². The number of rotatable bonds is 3. The molecule has 0 aliphatic heterocycles. The summed E-state index contributed by atoms with van der Waals surface area (Å²) in [5, 5.41) is 12.7. The van der Waals surface area contributed by atoms with Crippen molar-refractivity contribution in [2.24, 2.45) is 0 Å². The van der Waals surface area contributed by atoms with Gasteiger partial charge in [0.15, 0.2) is 0 Å². The number of nitriles is 1. The lowest BCUT2D eigenvalue weighted by atomic mass is 9.79. The number of ether oxygens (including phenoxy) is 1. The molecule has 6 nitrogen and oxygen atoms in total. The smallest absolute Gasteiger partial charge is 0.259 e. The van der Waals surface area contributed by atoms with Gasteiger partial charge < -0.3 is 14.2 Å². The lowest BCUT2D eigenvalue weighted by molar-refractivity contribution is -0.0858. The number of hydrogen-bond acceptors (Lipinski definition) is 5. The Bertz CT molecular complexity index is 598. The van der Waals surface area contributed by atoms with Gasteiger partial charge in [0.25, 0.3) is 5.89 Å². The van der Waals surface area contributed by atoms with Crippen molar-refractivity contribution in [3.05, 3.63) is 23.8 Å². The Balaban J connectivity index is 1.92. The van der Waals surface area contributed by atoms with Crippen molar-refractivity contribution in [2.45, 2.75) is 24.9 Å². The Kier molecular flexibility index (Phi) is 2.42. The summed E-state index contributed by atoms with van der Waals surface area (Å²) in [7, 11) is 1.67. The van der Waals surface area contributed by atoms with Crippen LogP contribution in [0.15, 0.2) is 16.8 Å². The van der Waals surface area contributed by atoms with Crippen LogP contribution in [-0.4, -0.2) is 22.2 Å². The zero-order chi connectivity index (χ0) is 12.6. The molecule has 1 aliphatic rings. The quantitative estimate of drug-likeness (QED) is 0.891. The van der Waals surface area contributed by atoms with Crippen molar-refractivity contribution in [3.63, 3.8) is 0 Å². The largest absolute Gasteiger partial charge is 0.370 e. The molecule has 3 rings (SSSR count). The summed E-state index contributed by atoms with van der Waals surface area (Å²) in [5.41, 5.74) is 0.807. The molecule has 0 bridgehead atoms. The molecule has 1 fully saturated rings. The number of methoxy groups -OCH3 is 1. The number of hydrogen-bond donors (Lipinski definition) is 1. The summed E-state index contributed by atoms with van der Waals surface area (Å²) >= 11 is 0. The van der Waals surface area contributed by atoms with Gasteiger partial charge in [-0.15, -0.1) is 0 Å². The maximum Gasteiger partial charge on any atom is 0.259 e. The minimum atomic E-state index is -0.379. The molecule has 6 heteroatoms. The van der Waals surface area contributed by atoms with Crippen LogP contribution < -0.4 is 0 Å². The maximum atomic E-state index is 8.75. The summed E-state index contributed by atoms with van der Waals surface area (Å²) in [6.45, 7) is 0. The van der Waals surface area contributed by atoms with E-state index < -0.39 is 0 Å². The zero-order valence-corrected chi connectivity index (χ0v) is 9.93. The third kappa shape index (κ3) is 1.52. The molecular weight excluding hydrogens is 232 g/mol. The molecule has 0 radical (unpaired) electrons. The number of H-pyrrole nitrogens is 1. The van der Waals surface area contributed by atoms with Crippen molar-refractivity contribution in [3.8, 4) is 17.5 Å². The summed E-state index contributed by atoms with van der Waals surface area (Å²) < 4.78 is 10.7. The van der Waals surface area contributed by atoms with Gasteiger partial charge >= 0.3 is 0 Å². The molecule has 2 aromatic heterocycles. The van der Waals surface area contributed by atoms with E-state index >= 15 is 0 Å². The number of aromatic amines is 1. The lowest BCUT2D eigenvalue weighted by Crippen LogP contribution is -2.37. The van der Waals surface area contributed by atoms with E-state index in [-0.39, 0.29) is 5.60 Å². The minimum Gasteiger partial charge on any atom is -0.370 e. The van der Waals surface area contributed by atoms with Gasteiger partial charge in [0.1, 0.15) is 17.4 Å². The van der Waals surface area contributed by atoms with E-state index in [2.05, 4.69) is 15.1 Å². The molecule has 0 amide bonds. The first-order valence-electron chi connectivity index (χ1n) is 5.76. The second-order valence-electron chi connectivity index (χ2n) is 4.39. The third-order valence-corrected chi connectivity index (χ3v) is 3.44. The predicted molar refractivity (Wildman–Crippen MR) is 61.3 cm³/mol. The van der Waals surface area contributed by atoms with Crippen LogP contribution in [0.3, 0.4) is 0 Å². The van der Waals surface area contributed by atoms with Crippen molar-refractivity contribution in [2.75, 3.05) is 7.11 Å². The van der Waals surface area contributed by atoms with Gasteiger partial charge in [-0.1, -0.05) is 5.16 Å². The molecule has 1 aliphatic carbocycles. The van der Waals surface area contributed by atoms with Gasteiger partial charge in [-0.2, -0.15) is 10.2 Å². The molecule has 2 heterocycles. The van der Waals surface area contributed by atoms with Crippen LogP contribution in [0.5, 0.6) is 0 Å². The van der Waals surface area contributed by atoms with Crippen molar-refractivity contribution in [1.82, 2.24) is 15.1 Å². The number of aromatic nitrogens is 3. The topological polar surface area (TPSA) is 87.7 Å². The van der Waals surface area contributed by atoms with Crippen LogP contribution in [-0.2, 0) is 10.3 Å². The fraction of sp³-hybridized carbons (Fsp3) is 0.417. The molecule has 92 valence electrons.